The Morgan fingerprint density at radius 1 is 0.471 bits per heavy atom. The molecule has 0 aromatic heterocycles. The maximum absolute atomic E-state index is 12.3. The summed E-state index contributed by atoms with van der Waals surface area (Å²) in [5.41, 5.74) is 0. The second kappa shape index (κ2) is 12.5. The molecule has 34 heavy (non-hydrogen) atoms. The van der Waals surface area contributed by atoms with Gasteiger partial charge in [-0.05, 0) is 0 Å². The van der Waals surface area contributed by atoms with Crippen molar-refractivity contribution in [2.24, 2.45) is 0 Å². The largest absolute Gasteiger partial charge is 0.481 e. The SMILES string of the molecule is CC(=O)OC1[C@H](OC(C)=O)[C@H](OC(C)=O)C(OC(=O)CCC(=O)O)[C@H](OC(C)=O)[C@H]1OC(C)=O. The summed E-state index contributed by atoms with van der Waals surface area (Å²) in [5.74, 6) is -7.06. The van der Waals surface area contributed by atoms with Gasteiger partial charge in [-0.1, -0.05) is 0 Å². The summed E-state index contributed by atoms with van der Waals surface area (Å²) in [6.07, 6.45) is -11.3. The Bertz CT molecular complexity index is 789. The number of carbonyl (C=O) groups is 7. The quantitative estimate of drug-likeness (QED) is 0.319. The Morgan fingerprint density at radius 3 is 0.912 bits per heavy atom. The maximum Gasteiger partial charge on any atom is 0.306 e. The Labute approximate surface area is 193 Å². The molecule has 2 unspecified atom stereocenters. The molecule has 1 aliphatic carbocycles. The molecule has 190 valence electrons. The van der Waals surface area contributed by atoms with E-state index in [1.165, 1.54) is 0 Å². The van der Waals surface area contributed by atoms with Crippen LogP contribution in [0.2, 0.25) is 0 Å². The molecule has 0 heterocycles. The van der Waals surface area contributed by atoms with Gasteiger partial charge in [0.25, 0.3) is 0 Å². The van der Waals surface area contributed by atoms with Gasteiger partial charge in [0.1, 0.15) is 0 Å². The Balaban J connectivity index is 3.65. The second-order valence-corrected chi connectivity index (χ2v) is 7.22. The number of rotatable bonds is 9. The van der Waals surface area contributed by atoms with Crippen molar-refractivity contribution in [3.05, 3.63) is 0 Å². The highest BCUT2D eigenvalue weighted by atomic mass is 16.7. The highest BCUT2D eigenvalue weighted by Crippen LogP contribution is 2.34. The molecule has 1 aliphatic rings. The van der Waals surface area contributed by atoms with Gasteiger partial charge in [0.15, 0.2) is 36.6 Å². The molecule has 14 nitrogen and oxygen atoms in total. The molecule has 0 bridgehead atoms. The van der Waals surface area contributed by atoms with E-state index in [4.69, 9.17) is 33.5 Å². The summed E-state index contributed by atoms with van der Waals surface area (Å²) < 4.78 is 31.2. The van der Waals surface area contributed by atoms with Gasteiger partial charge >= 0.3 is 41.8 Å². The van der Waals surface area contributed by atoms with Gasteiger partial charge in [-0.2, -0.15) is 0 Å². The molecule has 0 spiro atoms. The molecule has 14 heteroatoms. The number of hydrogen-bond donors (Lipinski definition) is 1. The van der Waals surface area contributed by atoms with Gasteiger partial charge < -0.3 is 33.5 Å². The van der Waals surface area contributed by atoms with Crippen molar-refractivity contribution in [3.8, 4) is 0 Å². The van der Waals surface area contributed by atoms with E-state index in [1.807, 2.05) is 0 Å². The predicted molar refractivity (Wildman–Crippen MR) is 105 cm³/mol. The summed E-state index contributed by atoms with van der Waals surface area (Å²) in [6, 6.07) is 0. The minimum absolute atomic E-state index is 0.612. The average molecular weight is 490 g/mol. The molecule has 0 aromatic carbocycles. The van der Waals surface area contributed by atoms with Gasteiger partial charge in [-0.3, -0.25) is 33.6 Å². The lowest BCUT2D eigenvalue weighted by Gasteiger charge is -2.46. The van der Waals surface area contributed by atoms with E-state index in [2.05, 4.69) is 0 Å². The summed E-state index contributed by atoms with van der Waals surface area (Å²) >= 11 is 0. The van der Waals surface area contributed by atoms with Gasteiger partial charge in [0, 0.05) is 34.6 Å². The summed E-state index contributed by atoms with van der Waals surface area (Å²) in [5, 5.41) is 8.80. The van der Waals surface area contributed by atoms with Gasteiger partial charge in [-0.25, -0.2) is 0 Å². The highest BCUT2D eigenvalue weighted by molar-refractivity contribution is 5.77. The molecular formula is C20H26O14. The van der Waals surface area contributed by atoms with Crippen LogP contribution in [0.15, 0.2) is 0 Å². The predicted octanol–water partition coefficient (Wildman–Crippen LogP) is -0.565. The van der Waals surface area contributed by atoms with Crippen molar-refractivity contribution in [1.29, 1.82) is 0 Å². The number of carboxylic acids is 1. The first-order valence-corrected chi connectivity index (χ1v) is 10.00. The molecule has 0 aromatic rings. The zero-order chi connectivity index (χ0) is 26.2. The molecule has 1 N–H and O–H groups in total. The number of esters is 6. The van der Waals surface area contributed by atoms with E-state index in [-0.39, 0.29) is 0 Å². The van der Waals surface area contributed by atoms with Crippen LogP contribution in [0.25, 0.3) is 0 Å². The van der Waals surface area contributed by atoms with Crippen LogP contribution in [0, 0.1) is 0 Å². The molecular weight excluding hydrogens is 464 g/mol. The maximum atomic E-state index is 12.3. The van der Waals surface area contributed by atoms with Crippen LogP contribution >= 0.6 is 0 Å². The first-order chi connectivity index (χ1) is 15.7. The molecule has 6 atom stereocenters. The van der Waals surface area contributed by atoms with Crippen LogP contribution in [0.4, 0.5) is 0 Å². The fraction of sp³-hybridized carbons (Fsp3) is 0.650. The average Bonchev–Trinajstić information content (AvgIpc) is 2.66. The number of carbonyl (C=O) groups excluding carboxylic acids is 6. The monoisotopic (exact) mass is 490 g/mol. The summed E-state index contributed by atoms with van der Waals surface area (Å²) in [7, 11) is 0. The van der Waals surface area contributed by atoms with Gasteiger partial charge in [0.2, 0.25) is 0 Å². The third kappa shape index (κ3) is 8.67. The minimum Gasteiger partial charge on any atom is -0.481 e. The third-order valence-electron chi connectivity index (χ3n) is 4.26. The Hall–Kier alpha value is -3.71. The zero-order valence-electron chi connectivity index (χ0n) is 19.1. The van der Waals surface area contributed by atoms with E-state index >= 15 is 0 Å². The first-order valence-electron chi connectivity index (χ1n) is 10.00. The minimum atomic E-state index is -1.74. The highest BCUT2D eigenvalue weighted by Gasteiger charge is 2.60. The van der Waals surface area contributed by atoms with Crippen molar-refractivity contribution >= 4 is 41.8 Å². The molecule has 0 amide bonds. The van der Waals surface area contributed by atoms with E-state index in [1.54, 1.807) is 0 Å². The zero-order valence-corrected chi connectivity index (χ0v) is 19.1. The van der Waals surface area contributed by atoms with Crippen molar-refractivity contribution in [2.75, 3.05) is 0 Å². The van der Waals surface area contributed by atoms with Gasteiger partial charge in [-0.15, -0.1) is 0 Å². The van der Waals surface area contributed by atoms with Crippen LogP contribution in [-0.4, -0.2) is 83.5 Å². The normalized spacial score (nSPS) is 25.8. The van der Waals surface area contributed by atoms with Crippen LogP contribution in [0.1, 0.15) is 47.5 Å². The molecule has 0 radical (unpaired) electrons. The molecule has 1 fully saturated rings. The van der Waals surface area contributed by atoms with Crippen molar-refractivity contribution < 1.29 is 67.1 Å². The second-order valence-electron chi connectivity index (χ2n) is 7.22. The lowest BCUT2D eigenvalue weighted by Crippen LogP contribution is -2.69. The first kappa shape index (κ1) is 28.3. The number of carboxylic acid groups (broad SMARTS) is 1. The molecule has 0 aliphatic heterocycles. The van der Waals surface area contributed by atoms with E-state index in [9.17, 15) is 33.6 Å². The molecule has 0 saturated heterocycles. The Morgan fingerprint density at radius 2 is 0.706 bits per heavy atom. The van der Waals surface area contributed by atoms with E-state index in [0.29, 0.717) is 0 Å². The van der Waals surface area contributed by atoms with Crippen LogP contribution < -0.4 is 0 Å². The van der Waals surface area contributed by atoms with Crippen LogP contribution in [0.5, 0.6) is 0 Å². The lowest BCUT2D eigenvalue weighted by molar-refractivity contribution is -0.259. The van der Waals surface area contributed by atoms with Crippen molar-refractivity contribution in [2.45, 2.75) is 84.1 Å². The van der Waals surface area contributed by atoms with Crippen molar-refractivity contribution in [3.63, 3.8) is 0 Å². The summed E-state index contributed by atoms with van der Waals surface area (Å²) in [4.78, 5) is 82.2. The molecule has 1 rings (SSSR count). The number of hydrogen-bond acceptors (Lipinski definition) is 13. The fourth-order valence-electron chi connectivity index (χ4n) is 3.30. The van der Waals surface area contributed by atoms with Gasteiger partial charge in [0.05, 0.1) is 12.8 Å². The lowest BCUT2D eigenvalue weighted by atomic mass is 9.83. The fourth-order valence-corrected chi connectivity index (χ4v) is 3.30. The van der Waals surface area contributed by atoms with Crippen molar-refractivity contribution in [1.82, 2.24) is 0 Å². The smallest absolute Gasteiger partial charge is 0.306 e. The summed E-state index contributed by atoms with van der Waals surface area (Å²) in [6.45, 7) is 4.93. The topological polar surface area (TPSA) is 195 Å². The number of aliphatic carboxylic acids is 1. The van der Waals surface area contributed by atoms with Crippen LogP contribution in [-0.2, 0) is 62.0 Å². The third-order valence-corrected chi connectivity index (χ3v) is 4.26. The van der Waals surface area contributed by atoms with E-state index < -0.39 is 91.3 Å². The Kier molecular flexibility index (Phi) is 10.4. The van der Waals surface area contributed by atoms with Crippen LogP contribution in [0.3, 0.4) is 0 Å². The standard InChI is InChI=1S/C20H26O14/c1-8(21)29-15-16(30-9(2)22)18(32-11(4)24)20(34-14(28)7-6-13(26)27)19(33-12(5)25)17(15)31-10(3)23/h15-20H,6-7H2,1-5H3,(H,26,27)/t15?,16-,17-,18-,19+,20?/m0/s1. The molecule has 1 saturated carbocycles. The van der Waals surface area contributed by atoms with E-state index in [0.717, 1.165) is 34.6 Å². The number of ether oxygens (including phenoxy) is 6.